The molecule has 0 saturated heterocycles. The second kappa shape index (κ2) is 20.4. The van der Waals surface area contributed by atoms with Crippen LogP contribution in [0.1, 0.15) is 92.9 Å². The second-order valence-electron chi connectivity index (χ2n) is 10.6. The third-order valence-electron chi connectivity index (χ3n) is 6.70. The van der Waals surface area contributed by atoms with Crippen LogP contribution in [0.2, 0.25) is 8.87 Å². The van der Waals surface area contributed by atoms with Crippen molar-refractivity contribution >= 4 is 47.2 Å². The molecule has 41 heavy (non-hydrogen) atoms. The average molecular weight is 712 g/mol. The predicted octanol–water partition coefficient (Wildman–Crippen LogP) is 7.46. The third kappa shape index (κ3) is 11.5. The van der Waals surface area contributed by atoms with Gasteiger partial charge in [0, 0.05) is 0 Å². The minimum absolute atomic E-state index is 0.578. The Kier molecular flexibility index (Phi) is 18.2. The number of unbranched alkanes of at least 4 members (excludes halogenated alkanes) is 2. The van der Waals surface area contributed by atoms with Crippen LogP contribution in [0.4, 0.5) is 0 Å². The van der Waals surface area contributed by atoms with E-state index in [0.717, 1.165) is 70.6 Å². The fraction of sp³-hybridized carbons (Fsp3) is 0.625. The van der Waals surface area contributed by atoms with Crippen LogP contribution in [-0.2, 0) is 23.2 Å². The zero-order valence-corrected chi connectivity index (χ0v) is 31.5. The monoisotopic (exact) mass is 712 g/mol. The molecular weight excluding hydrogens is 655 g/mol. The van der Waals surface area contributed by atoms with Gasteiger partial charge in [0.25, 0.3) is 0 Å². The molecule has 0 atom stereocenters. The molecule has 0 N–H and O–H groups in total. The van der Waals surface area contributed by atoms with Crippen LogP contribution in [0.25, 0.3) is 0 Å². The molecule has 0 heterocycles. The number of hydrogen-bond acceptors (Lipinski definition) is 6. The molecule has 2 aromatic carbocycles. The van der Waals surface area contributed by atoms with Gasteiger partial charge < -0.3 is 0 Å². The molecule has 6 nitrogen and oxygen atoms in total. The molecule has 0 aliphatic rings. The van der Waals surface area contributed by atoms with Crippen molar-refractivity contribution < 1.29 is 23.2 Å². The van der Waals surface area contributed by atoms with Crippen molar-refractivity contribution in [1.29, 1.82) is 0 Å². The molecule has 0 amide bonds. The summed E-state index contributed by atoms with van der Waals surface area (Å²) in [4.78, 5) is 0. The molecule has 0 spiro atoms. The fourth-order valence-electron chi connectivity index (χ4n) is 4.61. The van der Waals surface area contributed by atoms with E-state index in [1.807, 2.05) is 12.1 Å². The van der Waals surface area contributed by atoms with Crippen molar-refractivity contribution in [2.24, 2.45) is 0 Å². The molecule has 232 valence electrons. The molecule has 0 radical (unpaired) electrons. The van der Waals surface area contributed by atoms with E-state index >= 15 is 0 Å². The first kappa shape index (κ1) is 36.6. The van der Waals surface area contributed by atoms with Gasteiger partial charge in [0.2, 0.25) is 0 Å². The van der Waals surface area contributed by atoms with Crippen molar-refractivity contribution in [2.75, 3.05) is 26.4 Å². The number of hydrogen-bond donors (Lipinski definition) is 0. The molecule has 2 aromatic rings. The summed E-state index contributed by atoms with van der Waals surface area (Å²) in [5, 5.41) is 2.02. The molecule has 0 fully saturated rings. The molecular formula is C32H56O6Si2Sn. The van der Waals surface area contributed by atoms with E-state index in [-0.39, 0.29) is 0 Å². The summed E-state index contributed by atoms with van der Waals surface area (Å²) in [5.74, 6) is 0. The Morgan fingerprint density at radius 1 is 0.463 bits per heavy atom. The van der Waals surface area contributed by atoms with Crippen LogP contribution in [-0.4, -0.2) is 63.2 Å². The van der Waals surface area contributed by atoms with E-state index in [1.54, 1.807) is 0 Å². The Morgan fingerprint density at radius 3 is 1.05 bits per heavy atom. The van der Waals surface area contributed by atoms with Gasteiger partial charge in [0.05, 0.1) is 0 Å². The Morgan fingerprint density at radius 2 is 0.780 bits per heavy atom. The standard InChI is InChI=1S/2C12H19O3Si.2C4H9.Sn/c2*1-3-10-14-16(13,15-11-4-2)12-8-6-5-7-9-12;2*1-3-4-2;/h2*5-9H,3-4,10-11H2,1-2H3;2*1,3-4H2,2H3;/q2*-1;;;+2. The van der Waals surface area contributed by atoms with E-state index in [1.165, 1.54) is 0 Å². The Bertz CT molecular complexity index is 829. The van der Waals surface area contributed by atoms with Crippen LogP contribution in [0.3, 0.4) is 0 Å². The van der Waals surface area contributed by atoms with Gasteiger partial charge in [-0.05, 0) is 0 Å². The predicted molar refractivity (Wildman–Crippen MR) is 176 cm³/mol. The van der Waals surface area contributed by atoms with Gasteiger partial charge in [-0.25, -0.2) is 0 Å². The zero-order valence-electron chi connectivity index (χ0n) is 26.6. The second-order valence-corrected chi connectivity index (χ2v) is 27.1. The molecule has 9 heteroatoms. The molecule has 0 bridgehead atoms. The van der Waals surface area contributed by atoms with Crippen LogP contribution >= 0.6 is 0 Å². The van der Waals surface area contributed by atoms with Crippen molar-refractivity contribution in [3.63, 3.8) is 0 Å². The van der Waals surface area contributed by atoms with Crippen molar-refractivity contribution in [2.45, 2.75) is 102 Å². The quantitative estimate of drug-likeness (QED) is 0.106. The van der Waals surface area contributed by atoms with Crippen LogP contribution in [0.5, 0.6) is 0 Å². The summed E-state index contributed by atoms with van der Waals surface area (Å²) in [6.07, 6.45) is 7.72. The van der Waals surface area contributed by atoms with Crippen molar-refractivity contribution in [3.8, 4) is 0 Å². The summed E-state index contributed by atoms with van der Waals surface area (Å²) in [6.45, 7) is 15.3. The first-order chi connectivity index (χ1) is 20.0. The van der Waals surface area contributed by atoms with Gasteiger partial charge in [-0.1, -0.05) is 0 Å². The summed E-state index contributed by atoms with van der Waals surface area (Å²) < 4.78 is 44.1. The molecule has 2 rings (SSSR count). The van der Waals surface area contributed by atoms with E-state index in [2.05, 4.69) is 90.1 Å². The maximum atomic E-state index is 7.61. The molecule has 0 aromatic heterocycles. The van der Waals surface area contributed by atoms with Gasteiger partial charge in [0.1, 0.15) is 0 Å². The van der Waals surface area contributed by atoms with Gasteiger partial charge in [-0.2, -0.15) is 0 Å². The Labute approximate surface area is 258 Å². The van der Waals surface area contributed by atoms with E-state index in [9.17, 15) is 0 Å². The van der Waals surface area contributed by atoms with Gasteiger partial charge in [-0.3, -0.25) is 0 Å². The van der Waals surface area contributed by atoms with Gasteiger partial charge in [-0.15, -0.1) is 0 Å². The first-order valence-corrected chi connectivity index (χ1v) is 25.9. The van der Waals surface area contributed by atoms with Gasteiger partial charge >= 0.3 is 259 Å². The van der Waals surface area contributed by atoms with Crippen LogP contribution in [0, 0.1) is 0 Å². The van der Waals surface area contributed by atoms with Crippen LogP contribution in [0.15, 0.2) is 60.7 Å². The summed E-state index contributed by atoms with van der Waals surface area (Å²) in [6, 6.07) is 20.7. The number of benzene rings is 2. The van der Waals surface area contributed by atoms with E-state index in [0.29, 0.717) is 26.4 Å². The van der Waals surface area contributed by atoms with Crippen molar-refractivity contribution in [3.05, 3.63) is 60.7 Å². The summed E-state index contributed by atoms with van der Waals surface area (Å²) >= 11 is -4.10. The average Bonchev–Trinajstić information content (AvgIpc) is 3.02. The van der Waals surface area contributed by atoms with E-state index < -0.39 is 36.8 Å². The fourth-order valence-corrected chi connectivity index (χ4v) is 33.4. The van der Waals surface area contributed by atoms with Crippen molar-refractivity contribution in [1.82, 2.24) is 0 Å². The molecule has 0 saturated carbocycles. The maximum absolute atomic E-state index is 7.61. The normalized spacial score (nSPS) is 12.6. The van der Waals surface area contributed by atoms with Crippen LogP contribution < -0.4 is 10.4 Å². The molecule has 0 unspecified atom stereocenters. The molecule has 0 aliphatic carbocycles. The number of rotatable bonds is 24. The zero-order chi connectivity index (χ0) is 29.9. The van der Waals surface area contributed by atoms with Gasteiger partial charge in [0.15, 0.2) is 0 Å². The summed E-state index contributed by atoms with van der Waals surface area (Å²) in [7, 11) is -6.67. The topological polar surface area (TPSA) is 55.4 Å². The first-order valence-electron chi connectivity index (χ1n) is 16.1. The molecule has 0 aliphatic heterocycles. The SMILES string of the molecule is CCC[CH2][Sn]([CH2]CCC)([O][Si](OCCC)(OCCC)c1ccccc1)[O][Si](OCCC)(OCCC)c1ccccc1. The Hall–Kier alpha value is -0.568. The Balaban J connectivity index is 2.78. The third-order valence-corrected chi connectivity index (χ3v) is 29.7. The van der Waals surface area contributed by atoms with E-state index in [4.69, 9.17) is 23.2 Å². The minimum atomic E-state index is -4.10. The summed E-state index contributed by atoms with van der Waals surface area (Å²) in [5.41, 5.74) is 0.